The predicted octanol–water partition coefficient (Wildman–Crippen LogP) is -0.223. The lowest BCUT2D eigenvalue weighted by Gasteiger charge is -2.33. The lowest BCUT2D eigenvalue weighted by molar-refractivity contribution is 0.195. The molecular formula is C6H10N2O. The zero-order valence-corrected chi connectivity index (χ0v) is 5.48. The Morgan fingerprint density at radius 3 is 2.67 bits per heavy atom. The second-order valence-corrected chi connectivity index (χ2v) is 2.75. The van der Waals surface area contributed by atoms with E-state index in [1.54, 1.807) is 0 Å². The fourth-order valence-electron chi connectivity index (χ4n) is 1.23. The smallest absolute Gasteiger partial charge is 0.180 e. The summed E-state index contributed by atoms with van der Waals surface area (Å²) in [5.74, 6) is 0.844. The normalized spacial score (nSPS) is 29.2. The molecule has 2 heterocycles. The molecule has 0 aromatic carbocycles. The molecule has 3 heteroatoms. The molecule has 0 aliphatic carbocycles. The van der Waals surface area contributed by atoms with Crippen LogP contribution in [0.1, 0.15) is 6.92 Å². The first kappa shape index (κ1) is 5.23. The zero-order chi connectivity index (χ0) is 6.32. The Morgan fingerprint density at radius 1 is 1.67 bits per heavy atom. The van der Waals surface area contributed by atoms with Gasteiger partial charge in [-0.05, 0) is 0 Å². The van der Waals surface area contributed by atoms with E-state index in [1.807, 2.05) is 6.92 Å². The summed E-state index contributed by atoms with van der Waals surface area (Å²) >= 11 is 0. The minimum atomic E-state index is 0.143. The molecule has 0 atom stereocenters. The fourth-order valence-corrected chi connectivity index (χ4v) is 1.23. The molecule has 0 unspecified atom stereocenters. The van der Waals surface area contributed by atoms with Crippen molar-refractivity contribution in [1.29, 1.82) is 0 Å². The Morgan fingerprint density at radius 2 is 2.44 bits per heavy atom. The molecule has 9 heavy (non-hydrogen) atoms. The minimum Gasteiger partial charge on any atom is -0.479 e. The molecule has 0 aromatic rings. The van der Waals surface area contributed by atoms with Crippen LogP contribution in [-0.4, -0.2) is 31.1 Å². The van der Waals surface area contributed by atoms with Crippen LogP contribution in [0.5, 0.6) is 0 Å². The maximum atomic E-state index is 5.22. The van der Waals surface area contributed by atoms with Crippen molar-refractivity contribution in [3.8, 4) is 0 Å². The third kappa shape index (κ3) is 0.645. The van der Waals surface area contributed by atoms with E-state index in [2.05, 4.69) is 10.3 Å². The summed E-state index contributed by atoms with van der Waals surface area (Å²) in [4.78, 5) is 4.36. The van der Waals surface area contributed by atoms with Crippen molar-refractivity contribution in [3.05, 3.63) is 0 Å². The Bertz CT molecular complexity index is 160. The third-order valence-electron chi connectivity index (χ3n) is 1.85. The molecule has 2 rings (SSSR count). The third-order valence-corrected chi connectivity index (χ3v) is 1.85. The molecule has 0 saturated carbocycles. The first-order valence-electron chi connectivity index (χ1n) is 3.21. The van der Waals surface area contributed by atoms with Gasteiger partial charge in [-0.3, -0.25) is 0 Å². The van der Waals surface area contributed by atoms with Crippen LogP contribution < -0.4 is 5.32 Å². The first-order valence-corrected chi connectivity index (χ1v) is 3.21. The highest BCUT2D eigenvalue weighted by atomic mass is 16.5. The highest BCUT2D eigenvalue weighted by molar-refractivity contribution is 5.75. The molecule has 1 fully saturated rings. The van der Waals surface area contributed by atoms with E-state index in [0.717, 1.165) is 25.6 Å². The summed E-state index contributed by atoms with van der Waals surface area (Å²) in [7, 11) is 0. The summed E-state index contributed by atoms with van der Waals surface area (Å²) in [6.07, 6.45) is 0. The molecule has 0 amide bonds. The topological polar surface area (TPSA) is 33.6 Å². The van der Waals surface area contributed by atoms with Crippen molar-refractivity contribution < 1.29 is 4.74 Å². The van der Waals surface area contributed by atoms with Gasteiger partial charge in [0.15, 0.2) is 5.90 Å². The van der Waals surface area contributed by atoms with E-state index < -0.39 is 0 Å². The highest BCUT2D eigenvalue weighted by Crippen LogP contribution is 2.22. The number of nitrogens with zero attached hydrogens (tertiary/aromatic N) is 1. The average Bonchev–Trinajstić information content (AvgIpc) is 2.09. The highest BCUT2D eigenvalue weighted by Gasteiger charge is 2.41. The number of nitrogens with one attached hydrogen (secondary N) is 1. The number of hydrogen-bond donors (Lipinski definition) is 1. The van der Waals surface area contributed by atoms with Crippen LogP contribution in [0.3, 0.4) is 0 Å². The second-order valence-electron chi connectivity index (χ2n) is 2.75. The first-order chi connectivity index (χ1) is 4.31. The summed E-state index contributed by atoms with van der Waals surface area (Å²) in [6, 6.07) is 0. The number of aliphatic imine (C=N–C) groups is 1. The van der Waals surface area contributed by atoms with Crippen molar-refractivity contribution in [3.63, 3.8) is 0 Å². The van der Waals surface area contributed by atoms with Gasteiger partial charge in [-0.25, -0.2) is 4.99 Å². The molecule has 0 aromatic heterocycles. The van der Waals surface area contributed by atoms with Gasteiger partial charge < -0.3 is 10.1 Å². The predicted molar refractivity (Wildman–Crippen MR) is 34.7 cm³/mol. The molecule has 0 radical (unpaired) electrons. The van der Waals surface area contributed by atoms with Gasteiger partial charge in [0.05, 0.1) is 0 Å². The zero-order valence-electron chi connectivity index (χ0n) is 5.48. The Kier molecular flexibility index (Phi) is 0.858. The Labute approximate surface area is 54.1 Å². The largest absolute Gasteiger partial charge is 0.479 e. The van der Waals surface area contributed by atoms with Gasteiger partial charge in [-0.15, -0.1) is 0 Å². The van der Waals surface area contributed by atoms with Crippen molar-refractivity contribution >= 4 is 5.90 Å². The van der Waals surface area contributed by atoms with Gasteiger partial charge in [0.25, 0.3) is 0 Å². The van der Waals surface area contributed by atoms with Gasteiger partial charge in [0.2, 0.25) is 0 Å². The standard InChI is InChI=1S/C6H10N2O/c1-5-8-6(4-9-5)2-7-3-6/h7H,2-4H2,1H3. The van der Waals surface area contributed by atoms with E-state index in [1.165, 1.54) is 0 Å². The van der Waals surface area contributed by atoms with Gasteiger partial charge in [-0.2, -0.15) is 0 Å². The molecule has 1 saturated heterocycles. The van der Waals surface area contributed by atoms with Crippen molar-refractivity contribution in [2.24, 2.45) is 4.99 Å². The van der Waals surface area contributed by atoms with Gasteiger partial charge >= 0.3 is 0 Å². The maximum absolute atomic E-state index is 5.22. The SMILES string of the molecule is CC1=NC2(CNC2)CO1. The average molecular weight is 126 g/mol. The quantitative estimate of drug-likeness (QED) is 0.486. The van der Waals surface area contributed by atoms with Crippen LogP contribution in [0.15, 0.2) is 4.99 Å². The molecule has 0 bridgehead atoms. The van der Waals surface area contributed by atoms with Crippen LogP contribution in [-0.2, 0) is 4.74 Å². The molecule has 50 valence electrons. The van der Waals surface area contributed by atoms with Crippen molar-refractivity contribution in [1.82, 2.24) is 5.32 Å². The second kappa shape index (κ2) is 1.48. The van der Waals surface area contributed by atoms with Crippen LogP contribution >= 0.6 is 0 Å². The molecule has 1 N–H and O–H groups in total. The van der Waals surface area contributed by atoms with Crippen LogP contribution in [0.2, 0.25) is 0 Å². The molecular weight excluding hydrogens is 116 g/mol. The van der Waals surface area contributed by atoms with E-state index in [9.17, 15) is 0 Å². The van der Waals surface area contributed by atoms with Crippen LogP contribution in [0.4, 0.5) is 0 Å². The summed E-state index contributed by atoms with van der Waals surface area (Å²) in [5.41, 5.74) is 0.143. The van der Waals surface area contributed by atoms with E-state index >= 15 is 0 Å². The molecule has 2 aliphatic heterocycles. The van der Waals surface area contributed by atoms with Gasteiger partial charge in [0.1, 0.15) is 12.1 Å². The number of ether oxygens (including phenoxy) is 1. The van der Waals surface area contributed by atoms with Gasteiger partial charge in [0, 0.05) is 20.0 Å². The fraction of sp³-hybridized carbons (Fsp3) is 0.833. The number of rotatable bonds is 0. The Balaban J connectivity index is 2.15. The van der Waals surface area contributed by atoms with Crippen molar-refractivity contribution in [2.45, 2.75) is 12.5 Å². The van der Waals surface area contributed by atoms with E-state index in [0.29, 0.717) is 0 Å². The summed E-state index contributed by atoms with van der Waals surface area (Å²) < 4.78 is 5.22. The molecule has 3 nitrogen and oxygen atoms in total. The lowest BCUT2D eigenvalue weighted by Crippen LogP contribution is -2.59. The summed E-state index contributed by atoms with van der Waals surface area (Å²) in [6.45, 7) is 4.67. The van der Waals surface area contributed by atoms with E-state index in [4.69, 9.17) is 4.74 Å². The minimum absolute atomic E-state index is 0.143. The number of hydrogen-bond acceptors (Lipinski definition) is 3. The molecule has 1 spiro atoms. The Hall–Kier alpha value is -0.570. The van der Waals surface area contributed by atoms with Crippen LogP contribution in [0, 0.1) is 0 Å². The maximum Gasteiger partial charge on any atom is 0.180 e. The summed E-state index contributed by atoms with van der Waals surface area (Å²) in [5, 5.41) is 3.18. The van der Waals surface area contributed by atoms with Gasteiger partial charge in [-0.1, -0.05) is 0 Å². The monoisotopic (exact) mass is 126 g/mol. The lowest BCUT2D eigenvalue weighted by atomic mass is 9.95. The van der Waals surface area contributed by atoms with Crippen LogP contribution in [0.25, 0.3) is 0 Å². The van der Waals surface area contributed by atoms with Crippen molar-refractivity contribution in [2.75, 3.05) is 19.7 Å². The van der Waals surface area contributed by atoms with E-state index in [-0.39, 0.29) is 5.54 Å². The molecule has 2 aliphatic rings.